The third-order valence-corrected chi connectivity index (χ3v) is 2.88. The molecular formula is C15H13FN2O3. The summed E-state index contributed by atoms with van der Waals surface area (Å²) in [6, 6.07) is 8.56. The van der Waals surface area contributed by atoms with E-state index in [1.54, 1.807) is 12.1 Å². The first-order valence-electron chi connectivity index (χ1n) is 6.20. The molecule has 2 rings (SSSR count). The molecule has 1 N–H and O–H groups in total. The first kappa shape index (κ1) is 14.6. The number of hydrogen-bond acceptors (Lipinski definition) is 3. The maximum atomic E-state index is 13.2. The molecule has 0 saturated carbocycles. The van der Waals surface area contributed by atoms with E-state index in [0.29, 0.717) is 5.69 Å². The van der Waals surface area contributed by atoms with Gasteiger partial charge in [-0.05, 0) is 49.2 Å². The van der Waals surface area contributed by atoms with E-state index in [2.05, 4.69) is 5.32 Å². The van der Waals surface area contributed by atoms with E-state index in [0.717, 1.165) is 23.3 Å². The fourth-order valence-electron chi connectivity index (χ4n) is 2.04. The van der Waals surface area contributed by atoms with Gasteiger partial charge in [-0.3, -0.25) is 14.9 Å². The van der Waals surface area contributed by atoms with Crippen molar-refractivity contribution in [2.75, 3.05) is 5.32 Å². The number of hydrogen-bond donors (Lipinski definition) is 1. The molecule has 0 aliphatic rings. The molecule has 0 fully saturated rings. The van der Waals surface area contributed by atoms with Crippen LogP contribution in [-0.4, -0.2) is 10.8 Å². The molecular weight excluding hydrogens is 275 g/mol. The number of anilines is 1. The van der Waals surface area contributed by atoms with E-state index in [1.807, 2.05) is 19.9 Å². The lowest BCUT2D eigenvalue weighted by atomic mass is 10.1. The minimum absolute atomic E-state index is 0.0299. The maximum Gasteiger partial charge on any atom is 0.305 e. The van der Waals surface area contributed by atoms with E-state index in [-0.39, 0.29) is 5.56 Å². The van der Waals surface area contributed by atoms with Crippen molar-refractivity contribution in [1.82, 2.24) is 0 Å². The second-order valence-corrected chi connectivity index (χ2v) is 4.75. The Morgan fingerprint density at radius 3 is 2.33 bits per heavy atom. The average molecular weight is 288 g/mol. The highest BCUT2D eigenvalue weighted by Crippen LogP contribution is 2.20. The van der Waals surface area contributed by atoms with Gasteiger partial charge in [0.25, 0.3) is 5.91 Å². The minimum atomic E-state index is -0.969. The predicted molar refractivity (Wildman–Crippen MR) is 76.9 cm³/mol. The number of nitro groups is 1. The second-order valence-electron chi connectivity index (χ2n) is 4.75. The van der Waals surface area contributed by atoms with Crippen LogP contribution in [0.3, 0.4) is 0 Å². The van der Waals surface area contributed by atoms with Gasteiger partial charge in [-0.25, -0.2) is 0 Å². The molecule has 0 radical (unpaired) electrons. The summed E-state index contributed by atoms with van der Waals surface area (Å²) in [6.45, 7) is 3.79. The van der Waals surface area contributed by atoms with Crippen LogP contribution >= 0.6 is 0 Å². The largest absolute Gasteiger partial charge is 0.322 e. The van der Waals surface area contributed by atoms with E-state index in [9.17, 15) is 19.3 Å². The average Bonchev–Trinajstić information content (AvgIpc) is 2.37. The zero-order valence-electron chi connectivity index (χ0n) is 11.5. The fourth-order valence-corrected chi connectivity index (χ4v) is 2.04. The Hall–Kier alpha value is -2.76. The Morgan fingerprint density at radius 2 is 1.76 bits per heavy atom. The smallest absolute Gasteiger partial charge is 0.305 e. The summed E-state index contributed by atoms with van der Waals surface area (Å²) in [5.41, 5.74) is 1.86. The van der Waals surface area contributed by atoms with Gasteiger partial charge in [-0.2, -0.15) is 4.39 Å². The molecule has 0 atom stereocenters. The molecule has 0 heterocycles. The van der Waals surface area contributed by atoms with Gasteiger partial charge in [0.15, 0.2) is 0 Å². The lowest BCUT2D eigenvalue weighted by Crippen LogP contribution is -2.12. The van der Waals surface area contributed by atoms with Crippen LogP contribution in [0.1, 0.15) is 21.5 Å². The lowest BCUT2D eigenvalue weighted by molar-refractivity contribution is -0.387. The molecule has 1 amide bonds. The topological polar surface area (TPSA) is 72.2 Å². The van der Waals surface area contributed by atoms with Crippen LogP contribution in [0.25, 0.3) is 0 Å². The molecule has 2 aromatic rings. The number of nitrogens with one attached hydrogen (secondary N) is 1. The Kier molecular flexibility index (Phi) is 3.98. The molecule has 0 aliphatic heterocycles. The number of halogens is 1. The quantitative estimate of drug-likeness (QED) is 0.692. The number of carbonyl (C=O) groups excluding carboxylic acids is 1. The zero-order valence-corrected chi connectivity index (χ0v) is 11.5. The first-order valence-corrected chi connectivity index (χ1v) is 6.20. The van der Waals surface area contributed by atoms with Gasteiger partial charge in [0, 0.05) is 17.3 Å². The predicted octanol–water partition coefficient (Wildman–Crippen LogP) is 3.60. The summed E-state index contributed by atoms with van der Waals surface area (Å²) in [6.07, 6.45) is 0. The minimum Gasteiger partial charge on any atom is -0.322 e. The summed E-state index contributed by atoms with van der Waals surface area (Å²) < 4.78 is 13.2. The van der Waals surface area contributed by atoms with Gasteiger partial charge < -0.3 is 5.32 Å². The normalized spacial score (nSPS) is 10.2. The van der Waals surface area contributed by atoms with Crippen molar-refractivity contribution in [2.24, 2.45) is 0 Å². The van der Waals surface area contributed by atoms with Crippen LogP contribution in [0.2, 0.25) is 0 Å². The van der Waals surface area contributed by atoms with E-state index < -0.39 is 22.3 Å². The molecule has 0 unspecified atom stereocenters. The van der Waals surface area contributed by atoms with Crippen molar-refractivity contribution >= 4 is 17.3 Å². The van der Waals surface area contributed by atoms with Crippen molar-refractivity contribution in [3.05, 3.63) is 69.0 Å². The molecule has 0 bridgehead atoms. The molecule has 0 spiro atoms. The Bertz CT molecular complexity index is 709. The molecule has 6 heteroatoms. The van der Waals surface area contributed by atoms with Gasteiger partial charge >= 0.3 is 5.69 Å². The Balaban J connectivity index is 2.28. The van der Waals surface area contributed by atoms with Crippen molar-refractivity contribution in [1.29, 1.82) is 0 Å². The van der Waals surface area contributed by atoms with Crippen LogP contribution in [0.4, 0.5) is 15.8 Å². The monoisotopic (exact) mass is 288 g/mol. The number of nitro benzene ring substituents is 1. The highest BCUT2D eigenvalue weighted by molar-refractivity contribution is 6.04. The summed E-state index contributed by atoms with van der Waals surface area (Å²) in [5, 5.41) is 13.3. The number of rotatable bonds is 3. The van der Waals surface area contributed by atoms with Crippen LogP contribution in [0, 0.1) is 29.8 Å². The summed E-state index contributed by atoms with van der Waals surface area (Å²) in [4.78, 5) is 21.9. The van der Waals surface area contributed by atoms with Crippen molar-refractivity contribution in [3.63, 3.8) is 0 Å². The van der Waals surface area contributed by atoms with E-state index in [4.69, 9.17) is 0 Å². The third-order valence-electron chi connectivity index (χ3n) is 2.88. The molecule has 0 saturated heterocycles. The van der Waals surface area contributed by atoms with Crippen molar-refractivity contribution < 1.29 is 14.1 Å². The fraction of sp³-hybridized carbons (Fsp3) is 0.133. The highest BCUT2D eigenvalue weighted by Gasteiger charge is 2.17. The van der Waals surface area contributed by atoms with Crippen LogP contribution in [0.15, 0.2) is 36.4 Å². The van der Waals surface area contributed by atoms with E-state index in [1.165, 1.54) is 6.07 Å². The van der Waals surface area contributed by atoms with Gasteiger partial charge in [-0.1, -0.05) is 6.07 Å². The summed E-state index contributed by atoms with van der Waals surface area (Å²) in [7, 11) is 0. The number of nitrogens with zero attached hydrogens (tertiary/aromatic N) is 1. The number of benzene rings is 2. The Labute approximate surface area is 120 Å². The zero-order chi connectivity index (χ0) is 15.6. The summed E-state index contributed by atoms with van der Waals surface area (Å²) >= 11 is 0. The van der Waals surface area contributed by atoms with Crippen molar-refractivity contribution in [2.45, 2.75) is 13.8 Å². The second kappa shape index (κ2) is 5.70. The molecule has 21 heavy (non-hydrogen) atoms. The third kappa shape index (κ3) is 3.42. The summed E-state index contributed by atoms with van der Waals surface area (Å²) in [5.74, 6) is -1.49. The van der Waals surface area contributed by atoms with Gasteiger partial charge in [-0.15, -0.1) is 0 Å². The molecule has 108 valence electrons. The van der Waals surface area contributed by atoms with Crippen molar-refractivity contribution in [3.8, 4) is 0 Å². The molecule has 0 aliphatic carbocycles. The Morgan fingerprint density at radius 1 is 1.14 bits per heavy atom. The van der Waals surface area contributed by atoms with Gasteiger partial charge in [0.2, 0.25) is 5.82 Å². The maximum absolute atomic E-state index is 13.2. The SMILES string of the molecule is Cc1cc(C)cc(NC(=O)c2ccc(F)c([N+](=O)[O-])c2)c1. The molecule has 5 nitrogen and oxygen atoms in total. The number of amides is 1. The molecule has 2 aromatic carbocycles. The van der Waals surface area contributed by atoms with Gasteiger partial charge in [0.05, 0.1) is 4.92 Å². The van der Waals surface area contributed by atoms with Gasteiger partial charge in [0.1, 0.15) is 0 Å². The number of carbonyl (C=O) groups is 1. The standard InChI is InChI=1S/C15H13FN2O3/c1-9-5-10(2)7-12(6-9)17-15(19)11-3-4-13(16)14(8-11)18(20)21/h3-8H,1-2H3,(H,17,19). The molecule has 0 aromatic heterocycles. The highest BCUT2D eigenvalue weighted by atomic mass is 19.1. The van der Waals surface area contributed by atoms with E-state index >= 15 is 0 Å². The van der Waals surface area contributed by atoms with Crippen LogP contribution in [0.5, 0.6) is 0 Å². The first-order chi connectivity index (χ1) is 9.86. The van der Waals surface area contributed by atoms with Crippen LogP contribution < -0.4 is 5.32 Å². The number of aryl methyl sites for hydroxylation is 2. The van der Waals surface area contributed by atoms with Crippen LogP contribution in [-0.2, 0) is 0 Å². The lowest BCUT2D eigenvalue weighted by Gasteiger charge is -2.07.